The monoisotopic (exact) mass is 300 g/mol. The normalized spacial score (nSPS) is 10.1. The largest absolute Gasteiger partial charge is 0.351 e. The van der Waals surface area contributed by atoms with Crippen LogP contribution in [0.3, 0.4) is 0 Å². The van der Waals surface area contributed by atoms with Crippen LogP contribution < -0.4 is 10.6 Å². The van der Waals surface area contributed by atoms with Crippen molar-refractivity contribution in [1.29, 1.82) is 5.26 Å². The van der Waals surface area contributed by atoms with Crippen LogP contribution in [-0.4, -0.2) is 18.1 Å². The van der Waals surface area contributed by atoms with E-state index in [2.05, 4.69) is 28.1 Å². The quantitative estimate of drug-likeness (QED) is 0.890. The van der Waals surface area contributed by atoms with Crippen molar-refractivity contribution in [2.75, 3.05) is 18.0 Å². The van der Waals surface area contributed by atoms with Crippen molar-refractivity contribution >= 4 is 17.4 Å². The fourth-order valence-corrected chi connectivity index (χ4v) is 2.36. The summed E-state index contributed by atoms with van der Waals surface area (Å²) in [5.41, 5.74) is 7.21. The highest BCUT2D eigenvalue weighted by atomic mass is 35.5. The van der Waals surface area contributed by atoms with E-state index in [0.29, 0.717) is 29.5 Å². The molecule has 0 aliphatic carbocycles. The highest BCUT2D eigenvalue weighted by molar-refractivity contribution is 6.34. The fraction of sp³-hybridized carbons (Fsp3) is 0.250. The predicted molar refractivity (Wildman–Crippen MR) is 85.1 cm³/mol. The summed E-state index contributed by atoms with van der Waals surface area (Å²) >= 11 is 6.29. The second-order valence-electron chi connectivity index (χ2n) is 4.66. The van der Waals surface area contributed by atoms with Crippen molar-refractivity contribution in [2.24, 2.45) is 5.73 Å². The molecule has 0 saturated heterocycles. The summed E-state index contributed by atoms with van der Waals surface area (Å²) in [6.45, 7) is 2.02. The number of rotatable bonds is 6. The van der Waals surface area contributed by atoms with Crippen molar-refractivity contribution in [3.05, 3.63) is 58.7 Å². The number of hydrogen-bond acceptors (Lipinski definition) is 4. The molecule has 2 N–H and O–H groups in total. The standard InChI is InChI=1S/C16H17ClN4/c17-15-14(11-19)7-9-20-16(15)21(10-4-8-18)12-13-5-2-1-3-6-13/h1-3,5-7,9H,4,8,10,12,18H2. The number of benzene rings is 1. The highest BCUT2D eigenvalue weighted by Gasteiger charge is 2.15. The smallest absolute Gasteiger partial charge is 0.149 e. The molecule has 5 heteroatoms. The molecular formula is C16H17ClN4. The average molecular weight is 301 g/mol. The Morgan fingerprint density at radius 1 is 1.24 bits per heavy atom. The van der Waals surface area contributed by atoms with E-state index in [9.17, 15) is 0 Å². The predicted octanol–water partition coefficient (Wildman–Crippen LogP) is 2.96. The number of aromatic nitrogens is 1. The lowest BCUT2D eigenvalue weighted by Gasteiger charge is -2.24. The molecule has 2 rings (SSSR count). The van der Waals surface area contributed by atoms with Crippen LogP contribution in [0.15, 0.2) is 42.6 Å². The van der Waals surface area contributed by atoms with Crippen molar-refractivity contribution in [3.8, 4) is 6.07 Å². The lowest BCUT2D eigenvalue weighted by atomic mass is 10.2. The van der Waals surface area contributed by atoms with E-state index in [4.69, 9.17) is 22.6 Å². The molecule has 1 aromatic carbocycles. The Morgan fingerprint density at radius 2 is 2.00 bits per heavy atom. The zero-order chi connectivity index (χ0) is 15.1. The number of hydrogen-bond donors (Lipinski definition) is 1. The number of nitrogens with two attached hydrogens (primary N) is 1. The maximum absolute atomic E-state index is 9.09. The van der Waals surface area contributed by atoms with Crippen LogP contribution in [0.5, 0.6) is 0 Å². The summed E-state index contributed by atoms with van der Waals surface area (Å²) in [5.74, 6) is 0.632. The minimum atomic E-state index is 0.396. The maximum atomic E-state index is 9.09. The van der Waals surface area contributed by atoms with Crippen molar-refractivity contribution in [2.45, 2.75) is 13.0 Å². The zero-order valence-electron chi connectivity index (χ0n) is 11.7. The summed E-state index contributed by atoms with van der Waals surface area (Å²) in [7, 11) is 0. The summed E-state index contributed by atoms with van der Waals surface area (Å²) in [6.07, 6.45) is 2.45. The van der Waals surface area contributed by atoms with Gasteiger partial charge in [-0.2, -0.15) is 5.26 Å². The second-order valence-corrected chi connectivity index (χ2v) is 5.04. The average Bonchev–Trinajstić information content (AvgIpc) is 2.53. The van der Waals surface area contributed by atoms with Gasteiger partial charge in [-0.05, 0) is 24.6 Å². The van der Waals surface area contributed by atoms with Crippen LogP contribution in [0.25, 0.3) is 0 Å². The molecule has 0 radical (unpaired) electrons. The molecule has 1 heterocycles. The van der Waals surface area contributed by atoms with E-state index in [1.165, 1.54) is 0 Å². The highest BCUT2D eigenvalue weighted by Crippen LogP contribution is 2.27. The van der Waals surface area contributed by atoms with Crippen molar-refractivity contribution in [1.82, 2.24) is 4.98 Å². The van der Waals surface area contributed by atoms with Gasteiger partial charge in [0.15, 0.2) is 0 Å². The third-order valence-electron chi connectivity index (χ3n) is 3.14. The number of pyridine rings is 1. The van der Waals surface area contributed by atoms with Gasteiger partial charge < -0.3 is 10.6 Å². The number of halogens is 1. The molecule has 1 aromatic heterocycles. The number of nitrogens with zero attached hydrogens (tertiary/aromatic N) is 3. The SMILES string of the molecule is N#Cc1ccnc(N(CCCN)Cc2ccccc2)c1Cl. The lowest BCUT2D eigenvalue weighted by molar-refractivity contribution is 0.726. The molecule has 0 amide bonds. The van der Waals surface area contributed by atoms with Gasteiger partial charge in [0, 0.05) is 19.3 Å². The molecule has 2 aromatic rings. The molecule has 0 spiro atoms. The maximum Gasteiger partial charge on any atom is 0.149 e. The van der Waals surface area contributed by atoms with Gasteiger partial charge in [-0.1, -0.05) is 41.9 Å². The van der Waals surface area contributed by atoms with E-state index >= 15 is 0 Å². The Balaban J connectivity index is 2.30. The van der Waals surface area contributed by atoms with Gasteiger partial charge >= 0.3 is 0 Å². The van der Waals surface area contributed by atoms with Crippen LogP contribution in [0, 0.1) is 11.3 Å². The van der Waals surface area contributed by atoms with Gasteiger partial charge in [0.25, 0.3) is 0 Å². The fourth-order valence-electron chi connectivity index (χ4n) is 2.09. The van der Waals surface area contributed by atoms with Gasteiger partial charge in [0.2, 0.25) is 0 Å². The molecule has 0 aliphatic rings. The number of anilines is 1. The first-order valence-electron chi connectivity index (χ1n) is 6.79. The molecule has 0 aliphatic heterocycles. The molecule has 0 bridgehead atoms. The Hall–Kier alpha value is -2.09. The molecule has 0 fully saturated rings. The third kappa shape index (κ3) is 3.94. The van der Waals surface area contributed by atoms with Crippen LogP contribution in [0.4, 0.5) is 5.82 Å². The molecule has 0 unspecified atom stereocenters. The molecule has 108 valence electrons. The first-order valence-corrected chi connectivity index (χ1v) is 7.17. The molecular weight excluding hydrogens is 284 g/mol. The summed E-state index contributed by atoms with van der Waals surface area (Å²) in [6, 6.07) is 13.8. The van der Waals surface area contributed by atoms with Gasteiger partial charge in [-0.15, -0.1) is 0 Å². The van der Waals surface area contributed by atoms with Gasteiger partial charge in [0.05, 0.1) is 5.56 Å². The second kappa shape index (κ2) is 7.63. The summed E-state index contributed by atoms with van der Waals surface area (Å²) < 4.78 is 0. The van der Waals surface area contributed by atoms with Crippen LogP contribution in [0.2, 0.25) is 5.02 Å². The van der Waals surface area contributed by atoms with Crippen LogP contribution in [0.1, 0.15) is 17.5 Å². The van der Waals surface area contributed by atoms with E-state index in [1.54, 1.807) is 12.3 Å². The molecule has 21 heavy (non-hydrogen) atoms. The first kappa shape index (κ1) is 15.3. The summed E-state index contributed by atoms with van der Waals surface area (Å²) in [4.78, 5) is 6.40. The van der Waals surface area contributed by atoms with E-state index < -0.39 is 0 Å². The van der Waals surface area contributed by atoms with E-state index in [0.717, 1.165) is 18.5 Å². The molecule has 4 nitrogen and oxygen atoms in total. The van der Waals surface area contributed by atoms with Crippen molar-refractivity contribution in [3.63, 3.8) is 0 Å². The Kier molecular flexibility index (Phi) is 5.56. The Labute approximate surface area is 129 Å². The van der Waals surface area contributed by atoms with E-state index in [1.807, 2.05) is 18.2 Å². The summed E-state index contributed by atoms with van der Waals surface area (Å²) in [5, 5.41) is 9.49. The van der Waals surface area contributed by atoms with Crippen molar-refractivity contribution < 1.29 is 0 Å². The van der Waals surface area contributed by atoms with Gasteiger partial charge in [0.1, 0.15) is 16.9 Å². The molecule has 0 atom stereocenters. The van der Waals surface area contributed by atoms with Gasteiger partial charge in [-0.3, -0.25) is 0 Å². The zero-order valence-corrected chi connectivity index (χ0v) is 12.4. The third-order valence-corrected chi connectivity index (χ3v) is 3.51. The minimum absolute atomic E-state index is 0.396. The van der Waals surface area contributed by atoms with E-state index in [-0.39, 0.29) is 0 Å². The molecule has 0 saturated carbocycles. The van der Waals surface area contributed by atoms with Gasteiger partial charge in [-0.25, -0.2) is 4.98 Å². The van der Waals surface area contributed by atoms with Crippen LogP contribution in [-0.2, 0) is 6.54 Å². The number of nitriles is 1. The Bertz CT molecular complexity index is 622. The topological polar surface area (TPSA) is 65.9 Å². The Morgan fingerprint density at radius 3 is 2.67 bits per heavy atom. The first-order chi connectivity index (χ1) is 10.3. The van der Waals surface area contributed by atoms with Crippen LogP contribution >= 0.6 is 11.6 Å². The lowest BCUT2D eigenvalue weighted by Crippen LogP contribution is -2.27. The minimum Gasteiger partial charge on any atom is -0.351 e.